The maximum atomic E-state index is 9.57. The maximum Gasteiger partial charge on any atom is 0.141 e. The molecule has 0 amide bonds. The summed E-state index contributed by atoms with van der Waals surface area (Å²) in [7, 11) is 1.64. The quantitative estimate of drug-likeness (QED) is 0.708. The average Bonchev–Trinajstić information content (AvgIpc) is 3.02. The van der Waals surface area contributed by atoms with Crippen LogP contribution in [0.3, 0.4) is 0 Å². The second-order valence-electron chi connectivity index (χ2n) is 5.72. The molecule has 0 atom stereocenters. The van der Waals surface area contributed by atoms with Gasteiger partial charge in [-0.3, -0.25) is 0 Å². The molecule has 1 aromatic heterocycles. The molecule has 2 aromatic carbocycles. The van der Waals surface area contributed by atoms with Crippen molar-refractivity contribution >= 4 is 0 Å². The van der Waals surface area contributed by atoms with Gasteiger partial charge in [-0.1, -0.05) is 41.6 Å². The summed E-state index contributed by atoms with van der Waals surface area (Å²) in [5.74, 6) is 1.53. The SMILES string of the molecule is COc1ccc(COCc2noc(C)c2-c2ccccc2CO)cc1. The maximum absolute atomic E-state index is 9.57. The van der Waals surface area contributed by atoms with Gasteiger partial charge >= 0.3 is 0 Å². The lowest BCUT2D eigenvalue weighted by molar-refractivity contribution is 0.102. The monoisotopic (exact) mass is 339 g/mol. The van der Waals surface area contributed by atoms with E-state index in [9.17, 15) is 5.11 Å². The van der Waals surface area contributed by atoms with E-state index >= 15 is 0 Å². The van der Waals surface area contributed by atoms with Crippen molar-refractivity contribution in [2.24, 2.45) is 0 Å². The van der Waals surface area contributed by atoms with Crippen molar-refractivity contribution in [2.45, 2.75) is 26.7 Å². The van der Waals surface area contributed by atoms with E-state index in [4.69, 9.17) is 14.0 Å². The van der Waals surface area contributed by atoms with Crippen molar-refractivity contribution < 1.29 is 19.1 Å². The van der Waals surface area contributed by atoms with Gasteiger partial charge in [-0.25, -0.2) is 0 Å². The Hall–Kier alpha value is -2.63. The van der Waals surface area contributed by atoms with E-state index in [0.717, 1.165) is 33.7 Å². The summed E-state index contributed by atoms with van der Waals surface area (Å²) in [6, 6.07) is 15.4. The van der Waals surface area contributed by atoms with Gasteiger partial charge in [0.15, 0.2) is 0 Å². The van der Waals surface area contributed by atoms with Crippen molar-refractivity contribution in [3.8, 4) is 16.9 Å². The molecule has 1 heterocycles. The van der Waals surface area contributed by atoms with Crippen LogP contribution in [0, 0.1) is 6.92 Å². The first-order valence-electron chi connectivity index (χ1n) is 8.08. The van der Waals surface area contributed by atoms with Gasteiger partial charge in [0.25, 0.3) is 0 Å². The first-order chi connectivity index (χ1) is 12.2. The fourth-order valence-corrected chi connectivity index (χ4v) is 2.75. The fraction of sp³-hybridized carbons (Fsp3) is 0.250. The topological polar surface area (TPSA) is 64.7 Å². The van der Waals surface area contributed by atoms with Crippen LogP contribution in [0.25, 0.3) is 11.1 Å². The normalized spacial score (nSPS) is 10.8. The number of nitrogens with zero attached hydrogens (tertiary/aromatic N) is 1. The molecule has 0 fully saturated rings. The van der Waals surface area contributed by atoms with Crippen LogP contribution in [-0.4, -0.2) is 17.4 Å². The number of methoxy groups -OCH3 is 1. The zero-order chi connectivity index (χ0) is 17.6. The van der Waals surface area contributed by atoms with E-state index in [2.05, 4.69) is 5.16 Å². The van der Waals surface area contributed by atoms with Crippen LogP contribution in [0.1, 0.15) is 22.6 Å². The standard InChI is InChI=1S/C20H21NO4/c1-14-20(18-6-4-3-5-16(18)11-22)19(21-25-14)13-24-12-15-7-9-17(23-2)10-8-15/h3-10,22H,11-13H2,1-2H3. The third-order valence-corrected chi connectivity index (χ3v) is 4.06. The summed E-state index contributed by atoms with van der Waals surface area (Å²) in [4.78, 5) is 0. The first-order valence-corrected chi connectivity index (χ1v) is 8.08. The van der Waals surface area contributed by atoms with Crippen LogP contribution in [0.5, 0.6) is 5.75 Å². The van der Waals surface area contributed by atoms with Crippen molar-refractivity contribution in [3.63, 3.8) is 0 Å². The minimum Gasteiger partial charge on any atom is -0.497 e. The molecule has 0 aliphatic carbocycles. The third kappa shape index (κ3) is 3.90. The highest BCUT2D eigenvalue weighted by Crippen LogP contribution is 2.31. The molecular weight excluding hydrogens is 318 g/mol. The van der Waals surface area contributed by atoms with Gasteiger partial charge < -0.3 is 19.1 Å². The summed E-state index contributed by atoms with van der Waals surface area (Å²) in [5.41, 5.74) is 4.43. The van der Waals surface area contributed by atoms with Crippen molar-refractivity contribution in [1.82, 2.24) is 5.16 Å². The smallest absolute Gasteiger partial charge is 0.141 e. The number of hydrogen-bond acceptors (Lipinski definition) is 5. The Balaban J connectivity index is 1.73. The molecule has 0 unspecified atom stereocenters. The fourth-order valence-electron chi connectivity index (χ4n) is 2.75. The zero-order valence-corrected chi connectivity index (χ0v) is 14.4. The van der Waals surface area contributed by atoms with Crippen LogP contribution in [0.4, 0.5) is 0 Å². The van der Waals surface area contributed by atoms with Crippen molar-refractivity contribution in [1.29, 1.82) is 0 Å². The number of aliphatic hydroxyl groups is 1. The van der Waals surface area contributed by atoms with E-state index < -0.39 is 0 Å². The summed E-state index contributed by atoms with van der Waals surface area (Å²) in [6.45, 7) is 2.63. The molecule has 1 N–H and O–H groups in total. The number of aromatic nitrogens is 1. The lowest BCUT2D eigenvalue weighted by Crippen LogP contribution is -1.98. The summed E-state index contributed by atoms with van der Waals surface area (Å²) < 4.78 is 16.3. The van der Waals surface area contributed by atoms with Gasteiger partial charge in [0, 0.05) is 0 Å². The predicted molar refractivity (Wildman–Crippen MR) is 94.1 cm³/mol. The molecule has 0 saturated carbocycles. The summed E-state index contributed by atoms with van der Waals surface area (Å²) in [6.07, 6.45) is 0. The molecule has 0 aliphatic rings. The molecule has 3 rings (SSSR count). The molecule has 0 aliphatic heterocycles. The van der Waals surface area contributed by atoms with Crippen LogP contribution >= 0.6 is 0 Å². The van der Waals surface area contributed by atoms with Gasteiger partial charge in [0.1, 0.15) is 17.2 Å². The number of ether oxygens (including phenoxy) is 2. The van der Waals surface area contributed by atoms with E-state index in [1.807, 2.05) is 55.5 Å². The minimum absolute atomic E-state index is 0.0348. The molecule has 3 aromatic rings. The van der Waals surface area contributed by atoms with Crippen molar-refractivity contribution in [3.05, 3.63) is 71.1 Å². The van der Waals surface area contributed by atoms with Gasteiger partial charge in [0.2, 0.25) is 0 Å². The number of rotatable bonds is 7. The molecule has 0 bridgehead atoms. The van der Waals surface area contributed by atoms with Gasteiger partial charge in [-0.05, 0) is 35.7 Å². The highest BCUT2D eigenvalue weighted by molar-refractivity contribution is 5.71. The highest BCUT2D eigenvalue weighted by Gasteiger charge is 2.17. The lowest BCUT2D eigenvalue weighted by atomic mass is 9.98. The second-order valence-corrected chi connectivity index (χ2v) is 5.72. The van der Waals surface area contributed by atoms with Crippen molar-refractivity contribution in [2.75, 3.05) is 7.11 Å². The Bertz CT molecular complexity index is 824. The van der Waals surface area contributed by atoms with Crippen LogP contribution in [-0.2, 0) is 24.6 Å². The van der Waals surface area contributed by atoms with Crippen LogP contribution in [0.15, 0.2) is 53.1 Å². The molecule has 5 nitrogen and oxygen atoms in total. The lowest BCUT2D eigenvalue weighted by Gasteiger charge is -2.09. The zero-order valence-electron chi connectivity index (χ0n) is 14.4. The molecular formula is C20H21NO4. The molecule has 0 spiro atoms. The number of benzene rings is 2. The van der Waals surface area contributed by atoms with E-state index in [1.165, 1.54) is 0 Å². The Morgan fingerprint density at radius 2 is 1.80 bits per heavy atom. The Morgan fingerprint density at radius 1 is 1.04 bits per heavy atom. The second kappa shape index (κ2) is 7.96. The Morgan fingerprint density at radius 3 is 2.52 bits per heavy atom. The molecule has 0 saturated heterocycles. The van der Waals surface area contributed by atoms with Gasteiger partial charge in [0.05, 0.1) is 32.5 Å². The number of aliphatic hydroxyl groups excluding tert-OH is 1. The molecule has 0 radical (unpaired) electrons. The van der Waals surface area contributed by atoms with E-state index in [-0.39, 0.29) is 6.61 Å². The number of aryl methyl sites for hydroxylation is 1. The summed E-state index contributed by atoms with van der Waals surface area (Å²) >= 11 is 0. The largest absolute Gasteiger partial charge is 0.497 e. The third-order valence-electron chi connectivity index (χ3n) is 4.06. The summed E-state index contributed by atoms with van der Waals surface area (Å²) in [5, 5.41) is 13.7. The van der Waals surface area contributed by atoms with Crippen LogP contribution in [0.2, 0.25) is 0 Å². The first kappa shape index (κ1) is 17.2. The number of hydrogen-bond donors (Lipinski definition) is 1. The predicted octanol–water partition coefficient (Wildman–Crippen LogP) is 3.87. The Kier molecular flexibility index (Phi) is 5.48. The highest BCUT2D eigenvalue weighted by atomic mass is 16.5. The minimum atomic E-state index is -0.0348. The van der Waals surface area contributed by atoms with E-state index in [1.54, 1.807) is 7.11 Å². The molecule has 25 heavy (non-hydrogen) atoms. The molecule has 5 heteroatoms. The molecule has 130 valence electrons. The Labute approximate surface area is 146 Å². The van der Waals surface area contributed by atoms with Gasteiger partial charge in [-0.15, -0.1) is 0 Å². The van der Waals surface area contributed by atoms with Gasteiger partial charge in [-0.2, -0.15) is 0 Å². The van der Waals surface area contributed by atoms with E-state index in [0.29, 0.717) is 19.0 Å². The van der Waals surface area contributed by atoms with Crippen LogP contribution < -0.4 is 4.74 Å². The average molecular weight is 339 g/mol.